The lowest BCUT2D eigenvalue weighted by Crippen LogP contribution is -2.01. The van der Waals surface area contributed by atoms with E-state index in [-0.39, 0.29) is 5.69 Å². The number of hydrogen-bond acceptors (Lipinski definition) is 4. The molecule has 0 saturated carbocycles. The van der Waals surface area contributed by atoms with Gasteiger partial charge in [-0.15, -0.1) is 0 Å². The lowest BCUT2D eigenvalue weighted by Gasteiger charge is -2.03. The molecule has 0 bridgehead atoms. The number of fused-ring (bicyclic) bond motifs is 2. The Morgan fingerprint density at radius 1 is 1.25 bits per heavy atom. The topological polar surface area (TPSA) is 104 Å². The molecule has 2 heterocycles. The summed E-state index contributed by atoms with van der Waals surface area (Å²) in [4.78, 5) is 18.8. The highest BCUT2D eigenvalue weighted by molar-refractivity contribution is 6.01. The number of aliphatic hydroxyl groups is 1. The van der Waals surface area contributed by atoms with Gasteiger partial charge in [-0.05, 0) is 31.2 Å². The van der Waals surface area contributed by atoms with Crippen molar-refractivity contribution in [1.82, 2.24) is 19.7 Å². The molecule has 7 heteroatoms. The van der Waals surface area contributed by atoms with Gasteiger partial charge in [0.25, 0.3) is 0 Å². The van der Waals surface area contributed by atoms with E-state index in [9.17, 15) is 15.0 Å². The van der Waals surface area contributed by atoms with Crippen LogP contribution < -0.4 is 0 Å². The highest BCUT2D eigenvalue weighted by Gasteiger charge is 2.17. The van der Waals surface area contributed by atoms with Gasteiger partial charge in [-0.2, -0.15) is 5.10 Å². The molecule has 3 N–H and O–H groups in total. The second kappa shape index (κ2) is 5.17. The minimum Gasteiger partial charge on any atom is -0.476 e. The molecule has 4 rings (SSSR count). The number of para-hydroxylation sites is 1. The van der Waals surface area contributed by atoms with Crippen LogP contribution in [-0.4, -0.2) is 35.9 Å². The zero-order valence-corrected chi connectivity index (χ0v) is 12.8. The summed E-state index contributed by atoms with van der Waals surface area (Å²) >= 11 is 0. The summed E-state index contributed by atoms with van der Waals surface area (Å²) in [7, 11) is 0. The molecule has 0 spiro atoms. The van der Waals surface area contributed by atoms with Crippen LogP contribution in [-0.2, 0) is 0 Å². The minimum absolute atomic E-state index is 0.0139. The number of rotatable bonds is 3. The molecule has 24 heavy (non-hydrogen) atoms. The van der Waals surface area contributed by atoms with Crippen molar-refractivity contribution < 1.29 is 15.0 Å². The molecule has 0 fully saturated rings. The monoisotopic (exact) mass is 322 g/mol. The van der Waals surface area contributed by atoms with Gasteiger partial charge in [0.15, 0.2) is 5.69 Å². The van der Waals surface area contributed by atoms with E-state index in [4.69, 9.17) is 0 Å². The van der Waals surface area contributed by atoms with Gasteiger partial charge < -0.3 is 15.2 Å². The van der Waals surface area contributed by atoms with Crippen molar-refractivity contribution in [2.75, 3.05) is 0 Å². The minimum atomic E-state index is -1.07. The third-order valence-electron chi connectivity index (χ3n) is 3.91. The predicted octanol–water partition coefficient (Wildman–Crippen LogP) is 2.65. The molecule has 0 amide bonds. The van der Waals surface area contributed by atoms with Crippen molar-refractivity contribution in [1.29, 1.82) is 0 Å². The number of carboxylic acid groups (broad SMARTS) is 1. The van der Waals surface area contributed by atoms with Gasteiger partial charge >= 0.3 is 5.97 Å². The standard InChI is InChI=1S/C17H14N4O3/c1-9(22)16-18-12-7-6-10(8-13(12)19-16)21-14-5-3-2-4-11(14)15(20-21)17(23)24/h2-9,22H,1H3,(H,18,19)(H,23,24). The van der Waals surface area contributed by atoms with Crippen molar-refractivity contribution in [2.45, 2.75) is 13.0 Å². The van der Waals surface area contributed by atoms with Crippen LogP contribution in [0.5, 0.6) is 0 Å². The first-order chi connectivity index (χ1) is 11.5. The predicted molar refractivity (Wildman–Crippen MR) is 88.3 cm³/mol. The van der Waals surface area contributed by atoms with E-state index >= 15 is 0 Å². The second-order valence-corrected chi connectivity index (χ2v) is 5.58. The van der Waals surface area contributed by atoms with Crippen LogP contribution in [0, 0.1) is 0 Å². The molecule has 0 aliphatic carbocycles. The number of carbonyl (C=O) groups is 1. The number of H-pyrrole nitrogens is 1. The van der Waals surface area contributed by atoms with Crippen LogP contribution in [0.25, 0.3) is 27.6 Å². The molecule has 0 radical (unpaired) electrons. The fourth-order valence-corrected chi connectivity index (χ4v) is 2.77. The SMILES string of the molecule is CC(O)c1nc2ccc(-n3nc(C(=O)O)c4ccccc43)cc2[nH]1. The van der Waals surface area contributed by atoms with Gasteiger partial charge in [-0.3, -0.25) is 0 Å². The van der Waals surface area contributed by atoms with Gasteiger partial charge in [-0.25, -0.2) is 14.5 Å². The van der Waals surface area contributed by atoms with Gasteiger partial charge in [0, 0.05) is 5.39 Å². The summed E-state index contributed by atoms with van der Waals surface area (Å²) in [5.41, 5.74) is 2.92. The number of nitrogens with one attached hydrogen (secondary N) is 1. The number of aromatic nitrogens is 4. The molecular formula is C17H14N4O3. The first-order valence-corrected chi connectivity index (χ1v) is 7.44. The lowest BCUT2D eigenvalue weighted by atomic mass is 10.2. The Morgan fingerprint density at radius 2 is 2.04 bits per heavy atom. The molecule has 0 aliphatic rings. The average molecular weight is 322 g/mol. The summed E-state index contributed by atoms with van der Waals surface area (Å²) < 4.78 is 1.60. The fraction of sp³-hybridized carbons (Fsp3) is 0.118. The lowest BCUT2D eigenvalue weighted by molar-refractivity contribution is 0.0692. The number of carboxylic acids is 1. The zero-order chi connectivity index (χ0) is 16.8. The van der Waals surface area contributed by atoms with E-state index in [1.54, 1.807) is 23.7 Å². The van der Waals surface area contributed by atoms with Crippen LogP contribution in [0.1, 0.15) is 29.3 Å². The third kappa shape index (κ3) is 2.14. The molecule has 0 aliphatic heterocycles. The molecule has 0 saturated heterocycles. The summed E-state index contributed by atoms with van der Waals surface area (Å²) in [6.45, 7) is 1.64. The maximum atomic E-state index is 11.4. The number of benzene rings is 2. The Bertz CT molecular complexity index is 1080. The van der Waals surface area contributed by atoms with Crippen molar-refractivity contribution in [2.24, 2.45) is 0 Å². The maximum Gasteiger partial charge on any atom is 0.357 e. The second-order valence-electron chi connectivity index (χ2n) is 5.58. The van der Waals surface area contributed by atoms with Crippen molar-refractivity contribution in [3.63, 3.8) is 0 Å². The normalized spacial score (nSPS) is 12.8. The van der Waals surface area contributed by atoms with Crippen molar-refractivity contribution in [3.8, 4) is 5.69 Å². The molecular weight excluding hydrogens is 308 g/mol. The van der Waals surface area contributed by atoms with Gasteiger partial charge in [0.1, 0.15) is 11.9 Å². The summed E-state index contributed by atoms with van der Waals surface area (Å²) in [5.74, 6) is -0.581. The van der Waals surface area contributed by atoms with E-state index in [1.165, 1.54) is 0 Å². The molecule has 2 aromatic heterocycles. The maximum absolute atomic E-state index is 11.4. The summed E-state index contributed by atoms with van der Waals surface area (Å²) in [6.07, 6.45) is -0.690. The van der Waals surface area contributed by atoms with Crippen LogP contribution in [0.15, 0.2) is 42.5 Å². The number of nitrogens with zero attached hydrogens (tertiary/aromatic N) is 3. The molecule has 2 aromatic carbocycles. The van der Waals surface area contributed by atoms with Crippen LogP contribution in [0.2, 0.25) is 0 Å². The summed E-state index contributed by atoms with van der Waals surface area (Å²) in [5, 5.41) is 23.8. The number of aromatic amines is 1. The number of imidazole rings is 1. The van der Waals surface area contributed by atoms with Crippen LogP contribution in [0.4, 0.5) is 0 Å². The smallest absolute Gasteiger partial charge is 0.357 e. The number of aliphatic hydroxyl groups excluding tert-OH is 1. The molecule has 120 valence electrons. The largest absolute Gasteiger partial charge is 0.476 e. The van der Waals surface area contributed by atoms with Gasteiger partial charge in [0.2, 0.25) is 0 Å². The Labute approximate surface area is 136 Å². The Kier molecular flexibility index (Phi) is 3.10. The average Bonchev–Trinajstić information content (AvgIpc) is 3.15. The Hall–Kier alpha value is -3.19. The first-order valence-electron chi connectivity index (χ1n) is 7.44. The molecule has 4 aromatic rings. The van der Waals surface area contributed by atoms with E-state index in [1.807, 2.05) is 30.3 Å². The van der Waals surface area contributed by atoms with Crippen LogP contribution in [0.3, 0.4) is 0 Å². The molecule has 1 unspecified atom stereocenters. The quantitative estimate of drug-likeness (QED) is 0.538. The van der Waals surface area contributed by atoms with Crippen LogP contribution >= 0.6 is 0 Å². The Balaban J connectivity index is 1.94. The van der Waals surface area contributed by atoms with Gasteiger partial charge in [-0.1, -0.05) is 18.2 Å². The Morgan fingerprint density at radius 3 is 2.79 bits per heavy atom. The van der Waals surface area contributed by atoms with Crippen molar-refractivity contribution in [3.05, 3.63) is 54.0 Å². The zero-order valence-electron chi connectivity index (χ0n) is 12.8. The summed E-state index contributed by atoms with van der Waals surface area (Å²) in [6, 6.07) is 12.7. The fourth-order valence-electron chi connectivity index (χ4n) is 2.77. The highest BCUT2D eigenvalue weighted by atomic mass is 16.4. The third-order valence-corrected chi connectivity index (χ3v) is 3.91. The number of hydrogen-bond donors (Lipinski definition) is 3. The van der Waals surface area contributed by atoms with E-state index < -0.39 is 12.1 Å². The number of aromatic carboxylic acids is 1. The van der Waals surface area contributed by atoms with E-state index in [2.05, 4.69) is 15.1 Å². The van der Waals surface area contributed by atoms with Gasteiger partial charge in [0.05, 0.1) is 22.2 Å². The van der Waals surface area contributed by atoms with E-state index in [0.717, 1.165) is 11.0 Å². The molecule has 1 atom stereocenters. The van der Waals surface area contributed by atoms with Crippen molar-refractivity contribution >= 4 is 27.9 Å². The first kappa shape index (κ1) is 14.4. The highest BCUT2D eigenvalue weighted by Crippen LogP contribution is 2.24. The molecule has 7 nitrogen and oxygen atoms in total. The van der Waals surface area contributed by atoms with E-state index in [0.29, 0.717) is 22.4 Å².